The number of amides is 1. The number of ether oxygens (including phenoxy) is 2. The number of aromatic nitrogens is 4. The number of tetrazole rings is 1. The van der Waals surface area contributed by atoms with Gasteiger partial charge in [-0.05, 0) is 22.9 Å². The van der Waals surface area contributed by atoms with Crippen molar-refractivity contribution in [2.75, 3.05) is 13.2 Å². The van der Waals surface area contributed by atoms with Crippen LogP contribution in [0, 0.1) is 0 Å². The Labute approximate surface area is 164 Å². The quantitative estimate of drug-likeness (QED) is 0.520. The summed E-state index contributed by atoms with van der Waals surface area (Å²) < 4.78 is 11.0. The van der Waals surface area contributed by atoms with Crippen LogP contribution in [0.5, 0.6) is 11.5 Å². The number of carbonyl (C=O) groups excluding carboxylic acids is 1. The van der Waals surface area contributed by atoms with Crippen molar-refractivity contribution in [2.45, 2.75) is 6.54 Å². The predicted octanol–water partition coefficient (Wildman–Crippen LogP) is 1.91. The highest BCUT2D eigenvalue weighted by atomic mass is 35.5. The Morgan fingerprint density at radius 2 is 2.07 bits per heavy atom. The fourth-order valence-electron chi connectivity index (χ4n) is 2.56. The van der Waals surface area contributed by atoms with E-state index in [0.717, 1.165) is 5.56 Å². The minimum atomic E-state index is -0.392. The van der Waals surface area contributed by atoms with Gasteiger partial charge in [0, 0.05) is 5.56 Å². The van der Waals surface area contributed by atoms with Gasteiger partial charge in [0.2, 0.25) is 5.82 Å². The number of benzene rings is 2. The molecule has 0 radical (unpaired) electrons. The van der Waals surface area contributed by atoms with E-state index in [1.807, 2.05) is 30.3 Å². The third-order valence-corrected chi connectivity index (χ3v) is 4.07. The van der Waals surface area contributed by atoms with Gasteiger partial charge in [-0.2, -0.15) is 9.90 Å². The molecule has 142 valence electrons. The number of halogens is 1. The summed E-state index contributed by atoms with van der Waals surface area (Å²) in [6, 6.07) is 12.8. The number of hydrogen-bond donors (Lipinski definition) is 1. The van der Waals surface area contributed by atoms with Crippen LogP contribution < -0.4 is 14.9 Å². The van der Waals surface area contributed by atoms with E-state index in [1.54, 1.807) is 12.1 Å². The third kappa shape index (κ3) is 4.09. The van der Waals surface area contributed by atoms with Gasteiger partial charge in [-0.3, -0.25) is 4.79 Å². The Kier molecular flexibility index (Phi) is 5.16. The monoisotopic (exact) mass is 398 g/mol. The lowest BCUT2D eigenvalue weighted by Gasteiger charge is -2.19. The molecule has 1 amide bonds. The maximum Gasteiger partial charge on any atom is 0.263 e. The number of nitrogens with zero attached hydrogens (tertiary/aromatic N) is 5. The van der Waals surface area contributed by atoms with Crippen LogP contribution in [0.1, 0.15) is 5.56 Å². The number of nitrogens with one attached hydrogen (secondary N) is 1. The van der Waals surface area contributed by atoms with Crippen LogP contribution in [0.4, 0.5) is 0 Å². The molecule has 0 aliphatic carbocycles. The molecule has 4 rings (SSSR count). The molecule has 3 aromatic rings. The lowest BCUT2D eigenvalue weighted by Crippen LogP contribution is -2.24. The molecule has 0 saturated carbocycles. The van der Waals surface area contributed by atoms with Crippen molar-refractivity contribution < 1.29 is 14.3 Å². The number of hydrogen-bond acceptors (Lipinski definition) is 7. The first kappa shape index (κ1) is 17.9. The number of fused-ring (bicyclic) bond motifs is 1. The van der Waals surface area contributed by atoms with Gasteiger partial charge in [0.25, 0.3) is 5.91 Å². The van der Waals surface area contributed by atoms with E-state index in [2.05, 4.69) is 25.9 Å². The van der Waals surface area contributed by atoms with Gasteiger partial charge in [0.1, 0.15) is 19.8 Å². The van der Waals surface area contributed by atoms with Crippen molar-refractivity contribution in [2.24, 2.45) is 5.10 Å². The zero-order valence-corrected chi connectivity index (χ0v) is 15.3. The minimum Gasteiger partial charge on any atom is -0.486 e. The Morgan fingerprint density at radius 1 is 1.25 bits per heavy atom. The fourth-order valence-corrected chi connectivity index (χ4v) is 2.83. The Balaban J connectivity index is 1.36. The SMILES string of the molecule is O=C(Cn1nnc(-c2ccccc2)n1)N/N=C\c1cc(Cl)c2c(c1)OCCO2. The van der Waals surface area contributed by atoms with Gasteiger partial charge >= 0.3 is 0 Å². The van der Waals surface area contributed by atoms with E-state index in [0.29, 0.717) is 41.1 Å². The molecule has 0 fully saturated rings. The Bertz CT molecular complexity index is 1020. The molecule has 10 heteroatoms. The molecule has 0 atom stereocenters. The van der Waals surface area contributed by atoms with E-state index in [-0.39, 0.29) is 6.54 Å². The van der Waals surface area contributed by atoms with Crippen LogP contribution in [-0.4, -0.2) is 45.5 Å². The van der Waals surface area contributed by atoms with Crippen LogP contribution in [0.3, 0.4) is 0 Å². The second-order valence-electron chi connectivity index (χ2n) is 5.83. The van der Waals surface area contributed by atoms with Gasteiger partial charge in [-0.15, -0.1) is 10.2 Å². The highest BCUT2D eigenvalue weighted by molar-refractivity contribution is 6.32. The molecule has 2 heterocycles. The third-order valence-electron chi connectivity index (χ3n) is 3.79. The molecule has 1 N–H and O–H groups in total. The van der Waals surface area contributed by atoms with E-state index >= 15 is 0 Å². The zero-order chi connectivity index (χ0) is 19.3. The van der Waals surface area contributed by atoms with Gasteiger partial charge in [0.05, 0.1) is 11.2 Å². The minimum absolute atomic E-state index is 0.112. The van der Waals surface area contributed by atoms with Gasteiger partial charge < -0.3 is 9.47 Å². The average Bonchev–Trinajstić information content (AvgIpc) is 3.17. The first-order valence-electron chi connectivity index (χ1n) is 8.43. The molecule has 9 nitrogen and oxygen atoms in total. The largest absolute Gasteiger partial charge is 0.486 e. The van der Waals surface area contributed by atoms with E-state index < -0.39 is 5.91 Å². The van der Waals surface area contributed by atoms with E-state index in [1.165, 1.54) is 11.0 Å². The Morgan fingerprint density at radius 3 is 2.93 bits per heavy atom. The van der Waals surface area contributed by atoms with Crippen LogP contribution in [-0.2, 0) is 11.3 Å². The van der Waals surface area contributed by atoms with Crippen molar-refractivity contribution in [3.05, 3.63) is 53.1 Å². The molecule has 1 aromatic heterocycles. The summed E-state index contributed by atoms with van der Waals surface area (Å²) in [6.45, 7) is 0.800. The molecular weight excluding hydrogens is 384 g/mol. The smallest absolute Gasteiger partial charge is 0.263 e. The fraction of sp³-hybridized carbons (Fsp3) is 0.167. The van der Waals surface area contributed by atoms with Crippen molar-refractivity contribution in [1.29, 1.82) is 0 Å². The van der Waals surface area contributed by atoms with Crippen molar-refractivity contribution in [1.82, 2.24) is 25.6 Å². The second kappa shape index (κ2) is 8.05. The molecule has 28 heavy (non-hydrogen) atoms. The van der Waals surface area contributed by atoms with Gasteiger partial charge in [-0.1, -0.05) is 41.9 Å². The average molecular weight is 399 g/mol. The summed E-state index contributed by atoms with van der Waals surface area (Å²) in [6.07, 6.45) is 1.46. The van der Waals surface area contributed by atoms with Crippen molar-refractivity contribution in [3.8, 4) is 22.9 Å². The standard InChI is InChI=1S/C18H15ClN6O3/c19-14-8-12(9-15-17(14)28-7-6-27-15)10-20-21-16(26)11-25-23-18(22-24-25)13-4-2-1-3-5-13/h1-5,8-10H,6-7,11H2,(H,21,26)/b20-10-. The van der Waals surface area contributed by atoms with Crippen LogP contribution in [0.2, 0.25) is 5.02 Å². The summed E-state index contributed by atoms with van der Waals surface area (Å²) in [5.74, 6) is 1.12. The van der Waals surface area contributed by atoms with Crippen molar-refractivity contribution in [3.63, 3.8) is 0 Å². The van der Waals surface area contributed by atoms with E-state index in [4.69, 9.17) is 21.1 Å². The predicted molar refractivity (Wildman–Crippen MR) is 101 cm³/mol. The molecule has 0 spiro atoms. The lowest BCUT2D eigenvalue weighted by atomic mass is 10.2. The second-order valence-corrected chi connectivity index (χ2v) is 6.24. The highest BCUT2D eigenvalue weighted by Crippen LogP contribution is 2.37. The first-order valence-corrected chi connectivity index (χ1v) is 8.81. The molecule has 0 saturated heterocycles. The molecule has 0 unspecified atom stereocenters. The summed E-state index contributed by atoms with van der Waals surface area (Å²) >= 11 is 6.17. The zero-order valence-electron chi connectivity index (χ0n) is 14.6. The number of carbonyl (C=O) groups is 1. The summed E-state index contributed by atoms with van der Waals surface area (Å²) in [5.41, 5.74) is 3.90. The van der Waals surface area contributed by atoms with Crippen LogP contribution >= 0.6 is 11.6 Å². The first-order chi connectivity index (χ1) is 13.7. The summed E-state index contributed by atoms with van der Waals surface area (Å²) in [5, 5.41) is 16.3. The maximum absolute atomic E-state index is 12.0. The lowest BCUT2D eigenvalue weighted by molar-refractivity contribution is -0.122. The van der Waals surface area contributed by atoms with Crippen molar-refractivity contribution >= 4 is 23.7 Å². The maximum atomic E-state index is 12.0. The van der Waals surface area contributed by atoms with Crippen LogP contribution in [0.15, 0.2) is 47.6 Å². The molecular formula is C18H15ClN6O3. The molecule has 1 aliphatic rings. The molecule has 0 bridgehead atoms. The number of hydrazone groups is 1. The number of rotatable bonds is 5. The highest BCUT2D eigenvalue weighted by Gasteiger charge is 2.16. The summed E-state index contributed by atoms with van der Waals surface area (Å²) in [7, 11) is 0. The van der Waals surface area contributed by atoms with Gasteiger partial charge in [-0.25, -0.2) is 5.43 Å². The molecule has 2 aromatic carbocycles. The summed E-state index contributed by atoms with van der Waals surface area (Å²) in [4.78, 5) is 13.2. The molecule has 1 aliphatic heterocycles. The van der Waals surface area contributed by atoms with E-state index in [9.17, 15) is 4.79 Å². The van der Waals surface area contributed by atoms with Gasteiger partial charge in [0.15, 0.2) is 11.5 Å². The normalized spacial score (nSPS) is 12.9. The van der Waals surface area contributed by atoms with Crippen LogP contribution in [0.25, 0.3) is 11.4 Å². The topological polar surface area (TPSA) is 104 Å². The Hall–Kier alpha value is -3.46.